The lowest BCUT2D eigenvalue weighted by atomic mass is 10.1. The van der Waals surface area contributed by atoms with Gasteiger partial charge in [-0.25, -0.2) is 4.98 Å². The van der Waals surface area contributed by atoms with Crippen LogP contribution in [0.5, 0.6) is 0 Å². The summed E-state index contributed by atoms with van der Waals surface area (Å²) in [6.07, 6.45) is 5.10. The molecule has 2 aromatic heterocycles. The van der Waals surface area contributed by atoms with Gasteiger partial charge in [0, 0.05) is 29.2 Å². The Morgan fingerprint density at radius 1 is 1.28 bits per heavy atom. The smallest absolute Gasteiger partial charge is 0.254 e. The summed E-state index contributed by atoms with van der Waals surface area (Å²) < 4.78 is 0. The molecule has 2 aromatic rings. The number of nitrogens with zero attached hydrogens (tertiary/aromatic N) is 2. The molecule has 0 radical (unpaired) electrons. The molecule has 0 saturated heterocycles. The predicted molar refractivity (Wildman–Crippen MR) is 71.6 cm³/mol. The number of pyridine rings is 1. The van der Waals surface area contributed by atoms with Crippen molar-refractivity contribution in [3.8, 4) is 11.4 Å². The fourth-order valence-electron chi connectivity index (χ4n) is 2.09. The van der Waals surface area contributed by atoms with E-state index in [-0.39, 0.29) is 5.56 Å². The van der Waals surface area contributed by atoms with Crippen LogP contribution in [0.3, 0.4) is 0 Å². The minimum atomic E-state index is -0.0427. The Hall–Kier alpha value is -1.97. The summed E-state index contributed by atoms with van der Waals surface area (Å²) in [4.78, 5) is 23.4. The second kappa shape index (κ2) is 5.12. The van der Waals surface area contributed by atoms with Crippen molar-refractivity contribution < 1.29 is 0 Å². The molecule has 2 rings (SSSR count). The largest absolute Gasteiger partial charge is 0.306 e. The number of nitrogens with one attached hydrogen (secondary N) is 1. The van der Waals surface area contributed by atoms with Gasteiger partial charge in [-0.15, -0.1) is 0 Å². The minimum absolute atomic E-state index is 0.0427. The van der Waals surface area contributed by atoms with E-state index in [1.807, 2.05) is 26.1 Å². The molecular formula is C14H17N3O. The number of hydrogen-bond acceptors (Lipinski definition) is 3. The molecule has 0 aromatic carbocycles. The van der Waals surface area contributed by atoms with E-state index in [0.717, 1.165) is 28.8 Å². The van der Waals surface area contributed by atoms with Gasteiger partial charge < -0.3 is 4.98 Å². The van der Waals surface area contributed by atoms with Crippen LogP contribution in [0.25, 0.3) is 11.4 Å². The number of hydrogen-bond donors (Lipinski definition) is 1. The summed E-state index contributed by atoms with van der Waals surface area (Å²) in [5.41, 5.74) is 3.56. The van der Waals surface area contributed by atoms with Crippen molar-refractivity contribution in [2.75, 3.05) is 0 Å². The third-order valence-corrected chi connectivity index (χ3v) is 3.12. The van der Waals surface area contributed by atoms with Gasteiger partial charge in [-0.3, -0.25) is 9.78 Å². The van der Waals surface area contributed by atoms with E-state index in [1.54, 1.807) is 6.20 Å². The molecule has 4 heteroatoms. The number of aryl methyl sites for hydroxylation is 2. The van der Waals surface area contributed by atoms with E-state index >= 15 is 0 Å². The van der Waals surface area contributed by atoms with Crippen molar-refractivity contribution >= 4 is 0 Å². The van der Waals surface area contributed by atoms with Gasteiger partial charge >= 0.3 is 0 Å². The molecule has 0 amide bonds. The average molecular weight is 243 g/mol. The molecule has 94 valence electrons. The monoisotopic (exact) mass is 243 g/mol. The Bertz CT molecular complexity index is 617. The molecule has 1 N–H and O–H groups in total. The Balaban J connectivity index is 2.62. The van der Waals surface area contributed by atoms with E-state index in [0.29, 0.717) is 12.2 Å². The van der Waals surface area contributed by atoms with Crippen molar-refractivity contribution in [3.05, 3.63) is 45.6 Å². The second-order valence-electron chi connectivity index (χ2n) is 4.22. The van der Waals surface area contributed by atoms with Crippen LogP contribution in [0.2, 0.25) is 0 Å². The fourth-order valence-corrected chi connectivity index (χ4v) is 2.09. The molecule has 0 aliphatic heterocycles. The fraction of sp³-hybridized carbons (Fsp3) is 0.357. The van der Waals surface area contributed by atoms with Crippen molar-refractivity contribution in [2.45, 2.75) is 33.6 Å². The lowest BCUT2D eigenvalue weighted by Crippen LogP contribution is -2.17. The highest BCUT2D eigenvalue weighted by Gasteiger charge is 2.10. The van der Waals surface area contributed by atoms with Crippen molar-refractivity contribution in [1.82, 2.24) is 15.0 Å². The molecule has 0 saturated carbocycles. The average Bonchev–Trinajstić information content (AvgIpc) is 2.38. The lowest BCUT2D eigenvalue weighted by Gasteiger charge is -2.08. The third-order valence-electron chi connectivity index (χ3n) is 3.12. The molecule has 0 fully saturated rings. The van der Waals surface area contributed by atoms with Crippen LogP contribution in [0.4, 0.5) is 0 Å². The molecule has 4 nitrogen and oxygen atoms in total. The van der Waals surface area contributed by atoms with E-state index in [9.17, 15) is 4.79 Å². The van der Waals surface area contributed by atoms with Gasteiger partial charge in [0.2, 0.25) is 0 Å². The first kappa shape index (κ1) is 12.5. The first-order valence-corrected chi connectivity index (χ1v) is 6.20. The normalized spacial score (nSPS) is 10.6. The van der Waals surface area contributed by atoms with E-state index in [2.05, 4.69) is 21.9 Å². The van der Waals surface area contributed by atoms with Crippen molar-refractivity contribution in [1.29, 1.82) is 0 Å². The topological polar surface area (TPSA) is 58.6 Å². The number of aromatic amines is 1. The summed E-state index contributed by atoms with van der Waals surface area (Å²) in [5.74, 6) is 0.633. The highest BCUT2D eigenvalue weighted by atomic mass is 16.1. The zero-order valence-corrected chi connectivity index (χ0v) is 10.9. The summed E-state index contributed by atoms with van der Waals surface area (Å²) in [6, 6.07) is 1.89. The van der Waals surface area contributed by atoms with Crippen LogP contribution in [0.1, 0.15) is 30.7 Å². The van der Waals surface area contributed by atoms with Crippen LogP contribution in [0.15, 0.2) is 23.3 Å². The van der Waals surface area contributed by atoms with Crippen LogP contribution in [-0.2, 0) is 12.8 Å². The minimum Gasteiger partial charge on any atom is -0.306 e. The number of H-pyrrole nitrogens is 1. The van der Waals surface area contributed by atoms with Gasteiger partial charge in [-0.1, -0.05) is 13.8 Å². The van der Waals surface area contributed by atoms with Gasteiger partial charge in [0.15, 0.2) is 0 Å². The maximum absolute atomic E-state index is 12.0. The lowest BCUT2D eigenvalue weighted by molar-refractivity contribution is 0.962. The van der Waals surface area contributed by atoms with Crippen molar-refractivity contribution in [3.63, 3.8) is 0 Å². The summed E-state index contributed by atoms with van der Waals surface area (Å²) >= 11 is 0. The first-order chi connectivity index (χ1) is 8.67. The van der Waals surface area contributed by atoms with E-state index in [4.69, 9.17) is 0 Å². The molecule has 0 aliphatic rings. The second-order valence-corrected chi connectivity index (χ2v) is 4.22. The van der Waals surface area contributed by atoms with Crippen LogP contribution in [0, 0.1) is 6.92 Å². The third kappa shape index (κ3) is 2.18. The molecular weight excluding hydrogens is 226 g/mol. The summed E-state index contributed by atoms with van der Waals surface area (Å²) in [5, 5.41) is 0. The Morgan fingerprint density at radius 2 is 2.06 bits per heavy atom. The van der Waals surface area contributed by atoms with Gasteiger partial charge in [0.05, 0.1) is 0 Å². The Kier molecular flexibility index (Phi) is 3.55. The zero-order valence-electron chi connectivity index (χ0n) is 10.9. The van der Waals surface area contributed by atoms with Gasteiger partial charge in [0.25, 0.3) is 5.56 Å². The highest BCUT2D eigenvalue weighted by Crippen LogP contribution is 2.19. The van der Waals surface area contributed by atoms with Crippen LogP contribution in [-0.4, -0.2) is 15.0 Å². The molecule has 18 heavy (non-hydrogen) atoms. The highest BCUT2D eigenvalue weighted by molar-refractivity contribution is 5.59. The zero-order chi connectivity index (χ0) is 13.1. The molecule has 0 atom stereocenters. The molecule has 2 heterocycles. The number of aromatic nitrogens is 3. The molecule has 0 aliphatic carbocycles. The Labute approximate surface area is 106 Å². The summed E-state index contributed by atoms with van der Waals surface area (Å²) in [7, 11) is 0. The Morgan fingerprint density at radius 3 is 2.67 bits per heavy atom. The van der Waals surface area contributed by atoms with E-state index in [1.165, 1.54) is 0 Å². The molecule has 0 bridgehead atoms. The van der Waals surface area contributed by atoms with Gasteiger partial charge in [0.1, 0.15) is 5.82 Å². The maximum atomic E-state index is 12.0. The SMILES string of the molecule is CCc1cnccc1-c1nc(C)c(CC)c(=O)[nH]1. The van der Waals surface area contributed by atoms with Crippen molar-refractivity contribution in [2.24, 2.45) is 0 Å². The van der Waals surface area contributed by atoms with Gasteiger partial charge in [-0.05, 0) is 31.4 Å². The maximum Gasteiger partial charge on any atom is 0.254 e. The van der Waals surface area contributed by atoms with Crippen LogP contribution >= 0.6 is 0 Å². The first-order valence-electron chi connectivity index (χ1n) is 6.20. The quantitative estimate of drug-likeness (QED) is 0.899. The molecule has 0 unspecified atom stereocenters. The number of rotatable bonds is 3. The molecule has 0 spiro atoms. The van der Waals surface area contributed by atoms with Gasteiger partial charge in [-0.2, -0.15) is 0 Å². The predicted octanol–water partition coefficient (Wildman–Crippen LogP) is 2.27. The van der Waals surface area contributed by atoms with E-state index < -0.39 is 0 Å². The summed E-state index contributed by atoms with van der Waals surface area (Å²) in [6.45, 7) is 5.90. The van der Waals surface area contributed by atoms with Crippen LogP contribution < -0.4 is 5.56 Å². The standard InChI is InChI=1S/C14H17N3O/c1-4-10-8-15-7-6-12(10)13-16-9(3)11(5-2)14(18)17-13/h6-8H,4-5H2,1-3H3,(H,16,17,18).